The Balaban J connectivity index is 2.79. The van der Waals surface area contributed by atoms with Gasteiger partial charge in [0, 0.05) is 4.91 Å². The Morgan fingerprint density at radius 1 is 1.43 bits per heavy atom. The lowest BCUT2D eigenvalue weighted by atomic mass is 10.1. The molecule has 8 heteroatoms. The van der Waals surface area contributed by atoms with Gasteiger partial charge in [0.1, 0.15) is 16.7 Å². The molecule has 0 bridgehead atoms. The van der Waals surface area contributed by atoms with Gasteiger partial charge in [-0.05, 0) is 18.4 Å². The smallest absolute Gasteiger partial charge is 0.306 e. The van der Waals surface area contributed by atoms with Crippen LogP contribution in [0.1, 0.15) is 12.8 Å². The highest BCUT2D eigenvalue weighted by molar-refractivity contribution is 5.70. The lowest BCUT2D eigenvalue weighted by molar-refractivity contribution is -0.141. The van der Waals surface area contributed by atoms with Gasteiger partial charge in [-0.1, -0.05) is 5.11 Å². The van der Waals surface area contributed by atoms with E-state index in [4.69, 9.17) is 16.2 Å². The second-order valence-corrected chi connectivity index (χ2v) is 3.06. The third kappa shape index (κ3) is 2.07. The molecule has 14 heavy (non-hydrogen) atoms. The molecule has 0 radical (unpaired) electrons. The van der Waals surface area contributed by atoms with Crippen LogP contribution in [0.2, 0.25) is 0 Å². The zero-order valence-corrected chi connectivity index (χ0v) is 7.24. The van der Waals surface area contributed by atoms with Crippen LogP contribution in [0.5, 0.6) is 0 Å². The topological polar surface area (TPSA) is 136 Å². The highest BCUT2D eigenvalue weighted by atomic mass is 16.4. The van der Waals surface area contributed by atoms with Crippen molar-refractivity contribution in [2.24, 2.45) is 16.1 Å². The van der Waals surface area contributed by atoms with Gasteiger partial charge in [0.05, 0.1) is 12.0 Å². The standard InChI is InChI=1S/C6H8N6O2/c7-11-9-4-1-3(6(13)14)2-5(4)10-12-8/h3-5,7H,1-2H2/p+1/t3?,4-,5-/m0/s1. The lowest BCUT2D eigenvalue weighted by Crippen LogP contribution is -2.14. The molecule has 1 unspecified atom stereocenters. The predicted molar refractivity (Wildman–Crippen MR) is 44.4 cm³/mol. The second-order valence-electron chi connectivity index (χ2n) is 3.06. The summed E-state index contributed by atoms with van der Waals surface area (Å²) in [5, 5.41) is 15.7. The number of carboxylic acids is 1. The van der Waals surface area contributed by atoms with Gasteiger partial charge in [0.2, 0.25) is 4.91 Å². The Morgan fingerprint density at radius 2 is 2.00 bits per heavy atom. The van der Waals surface area contributed by atoms with Crippen molar-refractivity contribution >= 4 is 5.97 Å². The summed E-state index contributed by atoms with van der Waals surface area (Å²) < 4.78 is 0. The Bertz CT molecular complexity index is 303. The quantitative estimate of drug-likeness (QED) is 0.397. The summed E-state index contributed by atoms with van der Waals surface area (Å²) >= 11 is 0. The van der Waals surface area contributed by atoms with E-state index in [0.717, 1.165) is 0 Å². The van der Waals surface area contributed by atoms with Crippen molar-refractivity contribution in [3.05, 3.63) is 10.4 Å². The van der Waals surface area contributed by atoms with E-state index in [1.54, 1.807) is 0 Å². The average molecular weight is 197 g/mol. The van der Waals surface area contributed by atoms with Gasteiger partial charge in [-0.25, -0.2) is 0 Å². The molecule has 0 heterocycles. The van der Waals surface area contributed by atoms with E-state index < -0.39 is 24.0 Å². The summed E-state index contributed by atoms with van der Waals surface area (Å²) in [5.74, 6) is -1.48. The lowest BCUT2D eigenvalue weighted by Gasteiger charge is -2.00. The van der Waals surface area contributed by atoms with E-state index >= 15 is 0 Å². The third-order valence-electron chi connectivity index (χ3n) is 2.25. The van der Waals surface area contributed by atoms with Crippen molar-refractivity contribution in [3.63, 3.8) is 0 Å². The van der Waals surface area contributed by atoms with Crippen LogP contribution in [0.4, 0.5) is 0 Å². The van der Waals surface area contributed by atoms with E-state index in [9.17, 15) is 4.79 Å². The second kappa shape index (κ2) is 4.36. The van der Waals surface area contributed by atoms with Crippen molar-refractivity contribution in [1.82, 2.24) is 4.91 Å². The highest BCUT2D eigenvalue weighted by Crippen LogP contribution is 2.30. The van der Waals surface area contributed by atoms with Crippen LogP contribution in [-0.4, -0.2) is 23.2 Å². The molecule has 1 rings (SSSR count). The number of nitrogens with zero attached hydrogens (tertiary/aromatic N) is 5. The van der Waals surface area contributed by atoms with Crippen molar-refractivity contribution < 1.29 is 9.90 Å². The normalized spacial score (nSPS) is 30.1. The van der Waals surface area contributed by atoms with Crippen molar-refractivity contribution in [2.75, 3.05) is 0 Å². The monoisotopic (exact) mass is 197 g/mol. The summed E-state index contributed by atoms with van der Waals surface area (Å²) in [7, 11) is 0. The van der Waals surface area contributed by atoms with Gasteiger partial charge < -0.3 is 5.11 Å². The Hall–Kier alpha value is -1.91. The molecule has 8 nitrogen and oxygen atoms in total. The first-order valence-electron chi connectivity index (χ1n) is 4.02. The van der Waals surface area contributed by atoms with Gasteiger partial charge in [-0.3, -0.25) is 4.79 Å². The van der Waals surface area contributed by atoms with E-state index in [-0.39, 0.29) is 12.8 Å². The van der Waals surface area contributed by atoms with Crippen LogP contribution in [0, 0.1) is 11.4 Å². The third-order valence-corrected chi connectivity index (χ3v) is 2.25. The summed E-state index contributed by atoms with van der Waals surface area (Å²) in [6, 6.07) is -0.959. The summed E-state index contributed by atoms with van der Waals surface area (Å²) in [6.45, 7) is 0. The minimum absolute atomic E-state index is 0.267. The maximum absolute atomic E-state index is 10.6. The molecule has 0 aliphatic heterocycles. The number of hydrogen-bond donors (Lipinski definition) is 2. The molecular formula is C6H9N6O2+. The number of hydrogen-bond acceptors (Lipinski definition) is 4. The number of nitrogens with one attached hydrogen (secondary N) is 1. The van der Waals surface area contributed by atoms with Crippen LogP contribution in [0.25, 0.3) is 10.4 Å². The number of carbonyl (C=O) groups is 1. The fourth-order valence-electron chi connectivity index (χ4n) is 1.58. The SMILES string of the molecule is [N-]=[N+]=N[C@H]1CC(C(=O)O)C[C@@H]1N=[N+]=N. The summed E-state index contributed by atoms with van der Waals surface area (Å²) in [4.78, 5) is 16.1. The van der Waals surface area contributed by atoms with Crippen LogP contribution in [0.3, 0.4) is 0 Å². The minimum atomic E-state index is -0.925. The number of aliphatic carboxylic acids is 1. The average Bonchev–Trinajstić information content (AvgIpc) is 2.50. The molecule has 0 saturated heterocycles. The highest BCUT2D eigenvalue weighted by Gasteiger charge is 2.40. The van der Waals surface area contributed by atoms with Crippen LogP contribution in [-0.2, 0) is 4.79 Å². The fraction of sp³-hybridized carbons (Fsp3) is 0.833. The summed E-state index contributed by atoms with van der Waals surface area (Å²) in [5.41, 5.74) is 14.8. The minimum Gasteiger partial charge on any atom is -0.481 e. The van der Waals surface area contributed by atoms with Gasteiger partial charge in [0.25, 0.3) is 0 Å². The molecule has 0 aromatic heterocycles. The number of azide groups is 1. The van der Waals surface area contributed by atoms with E-state index in [1.165, 1.54) is 0 Å². The first-order valence-corrected chi connectivity index (χ1v) is 4.02. The first-order chi connectivity index (χ1) is 6.69. The zero-order chi connectivity index (χ0) is 10.6. The molecule has 0 aromatic rings. The first kappa shape index (κ1) is 10.2. The molecular weight excluding hydrogens is 188 g/mol. The molecule has 1 saturated carbocycles. The largest absolute Gasteiger partial charge is 0.481 e. The van der Waals surface area contributed by atoms with Gasteiger partial charge >= 0.3 is 5.97 Å². The molecule has 0 spiro atoms. The van der Waals surface area contributed by atoms with Crippen molar-refractivity contribution in [1.29, 1.82) is 5.53 Å². The maximum atomic E-state index is 10.6. The Morgan fingerprint density at radius 3 is 2.43 bits per heavy atom. The molecule has 3 atom stereocenters. The van der Waals surface area contributed by atoms with Crippen LogP contribution in [0.15, 0.2) is 10.2 Å². The Kier molecular flexibility index (Phi) is 3.17. The number of rotatable bonds is 3. The van der Waals surface area contributed by atoms with Gasteiger partial charge in [-0.15, -0.1) is 0 Å². The molecule has 1 aliphatic carbocycles. The molecule has 74 valence electrons. The van der Waals surface area contributed by atoms with Crippen molar-refractivity contribution in [2.45, 2.75) is 24.9 Å². The fourth-order valence-corrected chi connectivity index (χ4v) is 1.58. The van der Waals surface area contributed by atoms with E-state index in [0.29, 0.717) is 0 Å². The van der Waals surface area contributed by atoms with Gasteiger partial charge in [-0.2, -0.15) is 0 Å². The van der Waals surface area contributed by atoms with E-state index in [2.05, 4.69) is 20.1 Å². The van der Waals surface area contributed by atoms with Crippen LogP contribution < -0.4 is 4.91 Å². The number of carboxylic acid groups (broad SMARTS) is 1. The molecule has 1 fully saturated rings. The van der Waals surface area contributed by atoms with Gasteiger partial charge in [0.15, 0.2) is 0 Å². The summed E-state index contributed by atoms with van der Waals surface area (Å²) in [6.07, 6.45) is 0.546. The van der Waals surface area contributed by atoms with Crippen molar-refractivity contribution in [3.8, 4) is 0 Å². The zero-order valence-electron chi connectivity index (χ0n) is 7.24. The predicted octanol–water partition coefficient (Wildman–Crippen LogP) is 1.08. The molecule has 2 N–H and O–H groups in total. The maximum Gasteiger partial charge on any atom is 0.306 e. The molecule has 0 amide bonds. The molecule has 0 aromatic carbocycles. The molecule has 1 aliphatic rings. The van der Waals surface area contributed by atoms with E-state index in [1.807, 2.05) is 0 Å². The van der Waals surface area contributed by atoms with Crippen LogP contribution >= 0.6 is 0 Å². The Labute approximate surface area is 78.8 Å².